The lowest BCUT2D eigenvalue weighted by atomic mass is 9.83. The molecule has 0 radical (unpaired) electrons. The summed E-state index contributed by atoms with van der Waals surface area (Å²) in [5.74, 6) is 0.0491. The zero-order chi connectivity index (χ0) is 16.7. The third-order valence-corrected chi connectivity index (χ3v) is 5.96. The number of amides is 1. The number of benzene rings is 1. The van der Waals surface area contributed by atoms with Gasteiger partial charge in [0.25, 0.3) is 5.91 Å². The van der Waals surface area contributed by atoms with E-state index in [0.29, 0.717) is 12.0 Å². The van der Waals surface area contributed by atoms with Gasteiger partial charge in [0.15, 0.2) is 9.84 Å². The Bertz CT molecular complexity index is 676. The average Bonchev–Trinajstić information content (AvgIpc) is 2.66. The van der Waals surface area contributed by atoms with E-state index < -0.39 is 9.84 Å². The lowest BCUT2D eigenvalue weighted by molar-refractivity contribution is 0.0940. The number of hydrogen-bond acceptors (Lipinski definition) is 3. The maximum Gasteiger partial charge on any atom is 0.252 e. The minimum atomic E-state index is -2.98. The number of carbonyl (C=O) groups is 1. The molecule has 0 bridgehead atoms. The van der Waals surface area contributed by atoms with Crippen LogP contribution in [0.2, 0.25) is 0 Å². The molecule has 0 saturated carbocycles. The van der Waals surface area contributed by atoms with E-state index in [1.165, 1.54) is 5.56 Å². The summed E-state index contributed by atoms with van der Waals surface area (Å²) in [5, 5.41) is 2.87. The van der Waals surface area contributed by atoms with Gasteiger partial charge in [0.2, 0.25) is 0 Å². The first-order valence-corrected chi connectivity index (χ1v) is 9.45. The largest absolute Gasteiger partial charge is 0.348 e. The summed E-state index contributed by atoms with van der Waals surface area (Å²) < 4.78 is 23.0. The van der Waals surface area contributed by atoms with Crippen LogP contribution in [0.4, 0.5) is 0 Å². The van der Waals surface area contributed by atoms with Crippen LogP contribution in [0.3, 0.4) is 0 Å². The van der Waals surface area contributed by atoms with Crippen molar-refractivity contribution in [2.75, 3.05) is 11.5 Å². The molecule has 1 heterocycles. The van der Waals surface area contributed by atoms with Gasteiger partial charge in [-0.3, -0.25) is 4.79 Å². The van der Waals surface area contributed by atoms with Crippen molar-refractivity contribution in [2.24, 2.45) is 0 Å². The minimum Gasteiger partial charge on any atom is -0.348 e. The first-order valence-electron chi connectivity index (χ1n) is 7.62. The highest BCUT2D eigenvalue weighted by Gasteiger charge is 2.30. The topological polar surface area (TPSA) is 63.2 Å². The second kappa shape index (κ2) is 5.69. The fourth-order valence-electron chi connectivity index (χ4n) is 2.92. The Morgan fingerprint density at radius 1 is 1.18 bits per heavy atom. The van der Waals surface area contributed by atoms with Gasteiger partial charge in [0.05, 0.1) is 11.5 Å². The monoisotopic (exact) mass is 323 g/mol. The van der Waals surface area contributed by atoms with Gasteiger partial charge in [-0.25, -0.2) is 8.42 Å². The second-order valence-corrected chi connectivity index (χ2v) is 9.54. The smallest absolute Gasteiger partial charge is 0.252 e. The van der Waals surface area contributed by atoms with Crippen LogP contribution in [0, 0.1) is 13.8 Å². The van der Waals surface area contributed by atoms with Crippen molar-refractivity contribution in [3.63, 3.8) is 0 Å². The summed E-state index contributed by atoms with van der Waals surface area (Å²) in [7, 11) is -2.98. The molecule has 1 aromatic carbocycles. The van der Waals surface area contributed by atoms with Crippen LogP contribution in [-0.4, -0.2) is 31.9 Å². The van der Waals surface area contributed by atoms with E-state index in [4.69, 9.17) is 0 Å². The maximum atomic E-state index is 12.5. The molecule has 1 aliphatic heterocycles. The van der Waals surface area contributed by atoms with Crippen molar-refractivity contribution < 1.29 is 13.2 Å². The normalized spacial score (nSPS) is 20.9. The molecular formula is C17H25NO3S. The van der Waals surface area contributed by atoms with Crippen LogP contribution in [0.5, 0.6) is 0 Å². The number of aryl methyl sites for hydroxylation is 2. The standard InChI is InChI=1S/C17H25NO3S/c1-11-8-13(17(3,4)5)9-12(2)15(11)16(19)18-14-6-7-22(20,21)10-14/h8-9,14H,6-7,10H2,1-5H3,(H,18,19). The predicted octanol–water partition coefficient (Wildman–Crippen LogP) is 2.52. The lowest BCUT2D eigenvalue weighted by Crippen LogP contribution is -2.36. The van der Waals surface area contributed by atoms with Crippen molar-refractivity contribution in [3.05, 3.63) is 34.4 Å². The summed E-state index contributed by atoms with van der Waals surface area (Å²) in [6.07, 6.45) is 0.506. The van der Waals surface area contributed by atoms with E-state index >= 15 is 0 Å². The van der Waals surface area contributed by atoms with Crippen LogP contribution < -0.4 is 5.32 Å². The zero-order valence-electron chi connectivity index (χ0n) is 14.0. The number of carbonyl (C=O) groups excluding carboxylic acids is 1. The highest BCUT2D eigenvalue weighted by molar-refractivity contribution is 7.91. The first-order chi connectivity index (χ1) is 9.99. The molecule has 1 fully saturated rings. The van der Waals surface area contributed by atoms with E-state index in [9.17, 15) is 13.2 Å². The van der Waals surface area contributed by atoms with E-state index in [1.807, 2.05) is 26.0 Å². The van der Waals surface area contributed by atoms with E-state index in [-0.39, 0.29) is 28.9 Å². The van der Waals surface area contributed by atoms with Gasteiger partial charge in [0.1, 0.15) is 0 Å². The van der Waals surface area contributed by atoms with Crippen LogP contribution >= 0.6 is 0 Å². The molecule has 4 nitrogen and oxygen atoms in total. The first kappa shape index (κ1) is 17.0. The second-order valence-electron chi connectivity index (χ2n) is 7.31. The molecular weight excluding hydrogens is 298 g/mol. The third-order valence-electron chi connectivity index (χ3n) is 4.19. The van der Waals surface area contributed by atoms with Gasteiger partial charge in [-0.15, -0.1) is 0 Å². The molecule has 0 spiro atoms. The molecule has 0 aromatic heterocycles. The van der Waals surface area contributed by atoms with Crippen molar-refractivity contribution in [1.82, 2.24) is 5.32 Å². The van der Waals surface area contributed by atoms with Gasteiger partial charge in [0, 0.05) is 11.6 Å². The fraction of sp³-hybridized carbons (Fsp3) is 0.588. The molecule has 1 saturated heterocycles. The highest BCUT2D eigenvalue weighted by atomic mass is 32.2. The fourth-order valence-corrected chi connectivity index (χ4v) is 4.59. The molecule has 22 heavy (non-hydrogen) atoms. The summed E-state index contributed by atoms with van der Waals surface area (Å²) in [6, 6.07) is 3.83. The third kappa shape index (κ3) is 3.69. The molecule has 2 rings (SSSR count). The zero-order valence-corrected chi connectivity index (χ0v) is 14.8. The predicted molar refractivity (Wildman–Crippen MR) is 89.1 cm³/mol. The minimum absolute atomic E-state index is 0.0318. The van der Waals surface area contributed by atoms with E-state index in [1.54, 1.807) is 0 Å². The molecule has 5 heteroatoms. The Morgan fingerprint density at radius 3 is 2.14 bits per heavy atom. The van der Waals surface area contributed by atoms with Gasteiger partial charge in [-0.2, -0.15) is 0 Å². The average molecular weight is 323 g/mol. The quantitative estimate of drug-likeness (QED) is 0.909. The number of hydrogen-bond donors (Lipinski definition) is 1. The van der Waals surface area contributed by atoms with Gasteiger partial charge in [-0.05, 0) is 42.4 Å². The SMILES string of the molecule is Cc1cc(C(C)(C)C)cc(C)c1C(=O)NC1CCS(=O)(=O)C1. The maximum absolute atomic E-state index is 12.5. The van der Waals surface area contributed by atoms with Crippen molar-refractivity contribution in [2.45, 2.75) is 52.5 Å². The Morgan fingerprint density at radius 2 is 1.73 bits per heavy atom. The molecule has 1 atom stereocenters. The molecule has 0 aliphatic carbocycles. The summed E-state index contributed by atoms with van der Waals surface area (Å²) in [6.45, 7) is 10.3. The number of sulfone groups is 1. The van der Waals surface area contributed by atoms with Crippen LogP contribution in [-0.2, 0) is 15.3 Å². The summed E-state index contributed by atoms with van der Waals surface area (Å²) >= 11 is 0. The molecule has 1 aromatic rings. The van der Waals surface area contributed by atoms with Gasteiger partial charge in [-0.1, -0.05) is 32.9 Å². The Labute approximate surface area is 133 Å². The Balaban J connectivity index is 2.24. The summed E-state index contributed by atoms with van der Waals surface area (Å²) in [5.41, 5.74) is 3.76. The molecule has 1 aliphatic rings. The molecule has 1 unspecified atom stereocenters. The van der Waals surface area contributed by atoms with Gasteiger partial charge >= 0.3 is 0 Å². The van der Waals surface area contributed by atoms with Crippen LogP contribution in [0.25, 0.3) is 0 Å². The molecule has 1 amide bonds. The van der Waals surface area contributed by atoms with Crippen molar-refractivity contribution in [3.8, 4) is 0 Å². The van der Waals surface area contributed by atoms with Crippen molar-refractivity contribution >= 4 is 15.7 Å². The van der Waals surface area contributed by atoms with Crippen LogP contribution in [0.15, 0.2) is 12.1 Å². The summed E-state index contributed by atoms with van der Waals surface area (Å²) in [4.78, 5) is 12.5. The van der Waals surface area contributed by atoms with Crippen LogP contribution in [0.1, 0.15) is 54.2 Å². The molecule has 122 valence electrons. The highest BCUT2D eigenvalue weighted by Crippen LogP contribution is 2.27. The number of nitrogens with one attached hydrogen (secondary N) is 1. The lowest BCUT2D eigenvalue weighted by Gasteiger charge is -2.22. The number of rotatable bonds is 2. The Kier molecular flexibility index (Phi) is 4.39. The van der Waals surface area contributed by atoms with Crippen molar-refractivity contribution in [1.29, 1.82) is 0 Å². The molecule has 1 N–H and O–H groups in total. The van der Waals surface area contributed by atoms with E-state index in [2.05, 4.69) is 26.1 Å². The van der Waals surface area contributed by atoms with Gasteiger partial charge < -0.3 is 5.32 Å². The Hall–Kier alpha value is -1.36. The van der Waals surface area contributed by atoms with E-state index in [0.717, 1.165) is 11.1 Å².